The van der Waals surface area contributed by atoms with Crippen LogP contribution in [0.1, 0.15) is 34.8 Å². The van der Waals surface area contributed by atoms with Crippen LogP contribution in [0.5, 0.6) is 17.2 Å². The van der Waals surface area contributed by atoms with Crippen LogP contribution in [0.25, 0.3) is 10.9 Å². The van der Waals surface area contributed by atoms with Gasteiger partial charge in [-0.05, 0) is 42.7 Å². The van der Waals surface area contributed by atoms with E-state index in [-0.39, 0.29) is 30.4 Å². The highest BCUT2D eigenvalue weighted by molar-refractivity contribution is 5.83. The van der Waals surface area contributed by atoms with Gasteiger partial charge in [0, 0.05) is 42.0 Å². The van der Waals surface area contributed by atoms with E-state index >= 15 is 0 Å². The summed E-state index contributed by atoms with van der Waals surface area (Å²) in [6.45, 7) is 2.12. The summed E-state index contributed by atoms with van der Waals surface area (Å²) in [4.78, 5) is 28.8. The van der Waals surface area contributed by atoms with Gasteiger partial charge in [0.05, 0.1) is 5.56 Å². The van der Waals surface area contributed by atoms with Gasteiger partial charge in [-0.1, -0.05) is 24.3 Å². The number of ether oxygens (including phenoxy) is 2. The monoisotopic (exact) mass is 460 g/mol. The molecule has 0 aliphatic carbocycles. The third kappa shape index (κ3) is 4.22. The molecule has 34 heavy (non-hydrogen) atoms. The average Bonchev–Trinajstić information content (AvgIpc) is 3.44. The van der Waals surface area contributed by atoms with Gasteiger partial charge in [-0.25, -0.2) is 4.79 Å². The molecule has 0 bridgehead atoms. The van der Waals surface area contributed by atoms with Crippen molar-refractivity contribution < 1.29 is 23.8 Å². The zero-order valence-electron chi connectivity index (χ0n) is 18.6. The number of hydrogen-bond donors (Lipinski definition) is 3. The molecule has 1 aliphatic rings. The zero-order valence-corrected chi connectivity index (χ0v) is 18.6. The number of aromatic nitrogens is 1. The third-order valence-electron chi connectivity index (χ3n) is 6.02. The number of amides is 1. The largest absolute Gasteiger partial charge is 0.507 e. The van der Waals surface area contributed by atoms with E-state index in [1.807, 2.05) is 30.5 Å². The number of nitrogens with one attached hydrogen (secondary N) is 2. The number of para-hydroxylation sites is 1. The molecule has 0 radical (unpaired) electrons. The van der Waals surface area contributed by atoms with E-state index in [9.17, 15) is 14.7 Å². The molecule has 1 unspecified atom stereocenters. The maximum atomic E-state index is 12.9. The van der Waals surface area contributed by atoms with Gasteiger partial charge in [0.25, 0.3) is 0 Å². The minimum atomic E-state index is -0.723. The first-order chi connectivity index (χ1) is 16.5. The topological polar surface area (TPSA) is 114 Å². The van der Waals surface area contributed by atoms with Crippen molar-refractivity contribution >= 4 is 16.8 Å². The van der Waals surface area contributed by atoms with Crippen molar-refractivity contribution in [2.75, 3.05) is 13.3 Å². The van der Waals surface area contributed by atoms with Gasteiger partial charge >= 0.3 is 5.63 Å². The molecule has 174 valence electrons. The normalized spacial score (nSPS) is 13.2. The Balaban J connectivity index is 1.36. The molecular weight excluding hydrogens is 436 g/mol. The highest BCUT2D eigenvalue weighted by Gasteiger charge is 2.27. The number of hydrogen-bond acceptors (Lipinski definition) is 6. The van der Waals surface area contributed by atoms with Crippen LogP contribution in [0.2, 0.25) is 0 Å². The lowest BCUT2D eigenvalue weighted by Crippen LogP contribution is -2.28. The predicted molar refractivity (Wildman–Crippen MR) is 125 cm³/mol. The summed E-state index contributed by atoms with van der Waals surface area (Å²) >= 11 is 0. The SMILES string of the molecule is Cc1cc(O)c(C(CC(=O)NCCc2c[nH]c3ccccc23)c2ccc3c(c2)OCO3)c(=O)o1. The van der Waals surface area contributed by atoms with Crippen molar-refractivity contribution in [2.45, 2.75) is 25.7 Å². The van der Waals surface area contributed by atoms with Crippen LogP contribution < -0.4 is 20.4 Å². The molecule has 2 aromatic carbocycles. The summed E-state index contributed by atoms with van der Waals surface area (Å²) in [6.07, 6.45) is 2.55. The molecule has 4 aromatic rings. The minimum Gasteiger partial charge on any atom is -0.507 e. The van der Waals surface area contributed by atoms with Crippen molar-refractivity contribution in [3.8, 4) is 17.2 Å². The second kappa shape index (κ2) is 8.97. The standard InChI is InChI=1S/C26H24N2O6/c1-15-10-21(29)25(26(31)34-15)19(16-6-7-22-23(11-16)33-14-32-22)12-24(30)27-9-8-17-13-28-20-5-3-2-4-18(17)20/h2-7,10-11,13,19,28-29H,8-9,12,14H2,1H3,(H,27,30). The van der Waals surface area contributed by atoms with Crippen LogP contribution in [0.15, 0.2) is 63.9 Å². The quantitative estimate of drug-likeness (QED) is 0.387. The maximum absolute atomic E-state index is 12.9. The van der Waals surface area contributed by atoms with Crippen LogP contribution in [0, 0.1) is 6.92 Å². The molecule has 1 amide bonds. The first-order valence-corrected chi connectivity index (χ1v) is 11.0. The highest BCUT2D eigenvalue weighted by Crippen LogP contribution is 2.38. The lowest BCUT2D eigenvalue weighted by atomic mass is 9.88. The van der Waals surface area contributed by atoms with E-state index in [4.69, 9.17) is 13.9 Å². The Hall–Kier alpha value is -4.20. The molecular formula is C26H24N2O6. The zero-order chi connectivity index (χ0) is 23.7. The number of aryl methyl sites for hydroxylation is 1. The van der Waals surface area contributed by atoms with E-state index in [0.29, 0.717) is 35.8 Å². The Morgan fingerprint density at radius 1 is 1.15 bits per heavy atom. The molecule has 1 aliphatic heterocycles. The third-order valence-corrected chi connectivity index (χ3v) is 6.02. The van der Waals surface area contributed by atoms with Crippen molar-refractivity contribution in [1.29, 1.82) is 0 Å². The Labute approximate surface area is 195 Å². The molecule has 0 spiro atoms. The fraction of sp³-hybridized carbons (Fsp3) is 0.231. The van der Waals surface area contributed by atoms with Gasteiger partial charge in [0.1, 0.15) is 11.5 Å². The summed E-state index contributed by atoms with van der Waals surface area (Å²) in [6, 6.07) is 14.6. The number of carbonyl (C=O) groups is 1. The van der Waals surface area contributed by atoms with Gasteiger partial charge < -0.3 is 29.3 Å². The van der Waals surface area contributed by atoms with Crippen LogP contribution in [0.3, 0.4) is 0 Å². The Kier molecular flexibility index (Phi) is 5.71. The maximum Gasteiger partial charge on any atom is 0.343 e. The molecule has 1 atom stereocenters. The molecule has 8 nitrogen and oxygen atoms in total. The fourth-order valence-corrected chi connectivity index (χ4v) is 4.38. The average molecular weight is 460 g/mol. The molecule has 8 heteroatoms. The number of aromatic amines is 1. The highest BCUT2D eigenvalue weighted by atomic mass is 16.7. The van der Waals surface area contributed by atoms with Gasteiger partial charge in [0.15, 0.2) is 11.5 Å². The van der Waals surface area contributed by atoms with E-state index in [0.717, 1.165) is 16.5 Å². The van der Waals surface area contributed by atoms with Gasteiger partial charge in [-0.2, -0.15) is 0 Å². The van der Waals surface area contributed by atoms with Crippen molar-refractivity contribution in [1.82, 2.24) is 10.3 Å². The molecule has 3 heterocycles. The predicted octanol–water partition coefficient (Wildman–Crippen LogP) is 3.74. The number of aromatic hydroxyl groups is 1. The van der Waals surface area contributed by atoms with Crippen LogP contribution in [-0.2, 0) is 11.2 Å². The first kappa shape index (κ1) is 21.6. The Morgan fingerprint density at radius 2 is 1.97 bits per heavy atom. The van der Waals surface area contributed by atoms with E-state index in [1.54, 1.807) is 25.1 Å². The summed E-state index contributed by atoms with van der Waals surface area (Å²) in [5.41, 5.74) is 2.17. The van der Waals surface area contributed by atoms with Crippen molar-refractivity contribution in [3.05, 3.63) is 87.6 Å². The van der Waals surface area contributed by atoms with Crippen LogP contribution in [-0.4, -0.2) is 29.3 Å². The summed E-state index contributed by atoms with van der Waals surface area (Å²) in [7, 11) is 0. The second-order valence-electron chi connectivity index (χ2n) is 8.27. The summed E-state index contributed by atoms with van der Waals surface area (Å²) in [5.74, 6) is 0.229. The van der Waals surface area contributed by atoms with Gasteiger partial charge in [-0.3, -0.25) is 4.79 Å². The Bertz CT molecular complexity index is 1420. The lowest BCUT2D eigenvalue weighted by molar-refractivity contribution is -0.121. The van der Waals surface area contributed by atoms with Crippen molar-refractivity contribution in [3.63, 3.8) is 0 Å². The number of H-pyrrole nitrogens is 1. The molecule has 3 N–H and O–H groups in total. The molecule has 0 fully saturated rings. The minimum absolute atomic E-state index is 0.0382. The molecule has 5 rings (SSSR count). The van der Waals surface area contributed by atoms with E-state index in [1.165, 1.54) is 6.07 Å². The fourth-order valence-electron chi connectivity index (χ4n) is 4.38. The number of fused-ring (bicyclic) bond motifs is 2. The number of benzene rings is 2. The molecule has 0 saturated heterocycles. The van der Waals surface area contributed by atoms with Crippen LogP contribution >= 0.6 is 0 Å². The molecule has 2 aromatic heterocycles. The smallest absolute Gasteiger partial charge is 0.343 e. The second-order valence-corrected chi connectivity index (χ2v) is 8.27. The van der Waals surface area contributed by atoms with E-state index in [2.05, 4.69) is 10.3 Å². The number of carbonyl (C=O) groups excluding carboxylic acids is 1. The van der Waals surface area contributed by atoms with E-state index < -0.39 is 11.5 Å². The summed E-state index contributed by atoms with van der Waals surface area (Å²) in [5, 5.41) is 14.6. The lowest BCUT2D eigenvalue weighted by Gasteiger charge is -2.18. The summed E-state index contributed by atoms with van der Waals surface area (Å²) < 4.78 is 16.1. The van der Waals surface area contributed by atoms with Crippen LogP contribution in [0.4, 0.5) is 0 Å². The van der Waals surface area contributed by atoms with Crippen molar-refractivity contribution in [2.24, 2.45) is 0 Å². The molecule has 0 saturated carbocycles. The first-order valence-electron chi connectivity index (χ1n) is 11.0. The number of rotatable bonds is 7. The Morgan fingerprint density at radius 3 is 2.82 bits per heavy atom. The van der Waals surface area contributed by atoms with Gasteiger partial charge in [-0.15, -0.1) is 0 Å². The van der Waals surface area contributed by atoms with Gasteiger partial charge in [0.2, 0.25) is 12.7 Å².